The number of rotatable bonds is 4. The first-order chi connectivity index (χ1) is 12.9. The van der Waals surface area contributed by atoms with Crippen LogP contribution in [0.1, 0.15) is 31.8 Å². The lowest BCUT2D eigenvalue weighted by molar-refractivity contribution is 0.101. The number of hydrogen-bond acceptors (Lipinski definition) is 2. The van der Waals surface area contributed by atoms with Gasteiger partial charge in [-0.15, -0.1) is 0 Å². The van der Waals surface area contributed by atoms with Gasteiger partial charge in [-0.3, -0.25) is 9.59 Å². The summed E-state index contributed by atoms with van der Waals surface area (Å²) in [7, 11) is 0. The lowest BCUT2D eigenvalue weighted by Crippen LogP contribution is -2.14. The van der Waals surface area contributed by atoms with E-state index in [4.69, 9.17) is 11.6 Å². The van der Waals surface area contributed by atoms with Crippen molar-refractivity contribution in [3.8, 4) is 0 Å². The predicted molar refractivity (Wildman–Crippen MR) is 110 cm³/mol. The summed E-state index contributed by atoms with van der Waals surface area (Å²) in [5.41, 5.74) is 4.29. The van der Waals surface area contributed by atoms with Crippen LogP contribution >= 0.6 is 11.6 Å². The van der Waals surface area contributed by atoms with Gasteiger partial charge in [-0.25, -0.2) is 0 Å². The van der Waals surface area contributed by atoms with Crippen LogP contribution in [0.3, 0.4) is 0 Å². The van der Waals surface area contributed by atoms with Gasteiger partial charge in [0.25, 0.3) is 11.8 Å². The van der Waals surface area contributed by atoms with Crippen molar-refractivity contribution in [3.05, 3.63) is 94.0 Å². The Bertz CT molecular complexity index is 1010. The monoisotopic (exact) mass is 378 g/mol. The third-order valence-corrected chi connectivity index (χ3v) is 4.33. The Balaban J connectivity index is 1.73. The smallest absolute Gasteiger partial charge is 0.255 e. The van der Waals surface area contributed by atoms with Gasteiger partial charge in [-0.2, -0.15) is 0 Å². The first-order valence-electron chi connectivity index (χ1n) is 8.48. The highest BCUT2D eigenvalue weighted by molar-refractivity contribution is 6.31. The summed E-state index contributed by atoms with van der Waals surface area (Å²) < 4.78 is 0. The molecule has 27 heavy (non-hydrogen) atoms. The minimum atomic E-state index is -0.268. The van der Waals surface area contributed by atoms with E-state index in [1.165, 1.54) is 0 Å². The molecule has 0 fully saturated rings. The van der Waals surface area contributed by atoms with Crippen molar-refractivity contribution in [2.24, 2.45) is 0 Å². The Hall–Kier alpha value is -3.11. The maximum Gasteiger partial charge on any atom is 0.255 e. The van der Waals surface area contributed by atoms with Crippen molar-refractivity contribution in [2.45, 2.75) is 13.8 Å². The molecule has 0 saturated carbocycles. The number of halogens is 1. The van der Waals surface area contributed by atoms with Gasteiger partial charge in [0.1, 0.15) is 0 Å². The van der Waals surface area contributed by atoms with Crippen LogP contribution < -0.4 is 10.6 Å². The van der Waals surface area contributed by atoms with Crippen molar-refractivity contribution < 1.29 is 9.59 Å². The van der Waals surface area contributed by atoms with E-state index in [9.17, 15) is 9.59 Å². The Morgan fingerprint density at radius 3 is 2.11 bits per heavy atom. The average molecular weight is 379 g/mol. The highest BCUT2D eigenvalue weighted by atomic mass is 35.5. The Morgan fingerprint density at radius 1 is 0.778 bits per heavy atom. The van der Waals surface area contributed by atoms with E-state index in [0.29, 0.717) is 27.5 Å². The van der Waals surface area contributed by atoms with Gasteiger partial charge in [0.05, 0.1) is 0 Å². The highest BCUT2D eigenvalue weighted by Gasteiger charge is 2.11. The first-order valence-corrected chi connectivity index (χ1v) is 8.86. The van der Waals surface area contributed by atoms with Gasteiger partial charge in [0.2, 0.25) is 0 Å². The van der Waals surface area contributed by atoms with Crippen molar-refractivity contribution in [1.29, 1.82) is 0 Å². The molecule has 0 unspecified atom stereocenters. The lowest BCUT2D eigenvalue weighted by atomic mass is 10.1. The molecule has 0 aromatic heterocycles. The molecule has 0 saturated heterocycles. The second-order valence-corrected chi connectivity index (χ2v) is 6.75. The van der Waals surface area contributed by atoms with Crippen molar-refractivity contribution >= 4 is 34.8 Å². The van der Waals surface area contributed by atoms with Gasteiger partial charge >= 0.3 is 0 Å². The molecular weight excluding hydrogens is 360 g/mol. The Morgan fingerprint density at radius 2 is 1.44 bits per heavy atom. The van der Waals surface area contributed by atoms with Gasteiger partial charge < -0.3 is 10.6 Å². The molecule has 3 aromatic carbocycles. The molecule has 0 bridgehead atoms. The van der Waals surface area contributed by atoms with E-state index < -0.39 is 0 Å². The van der Waals surface area contributed by atoms with Gasteiger partial charge in [-0.1, -0.05) is 41.4 Å². The zero-order valence-electron chi connectivity index (χ0n) is 15.0. The summed E-state index contributed by atoms with van der Waals surface area (Å²) in [6, 6.07) is 19.4. The van der Waals surface area contributed by atoms with E-state index in [1.54, 1.807) is 48.5 Å². The molecule has 2 N–H and O–H groups in total. The molecule has 0 atom stereocenters. The van der Waals surface area contributed by atoms with Gasteiger partial charge in [0, 0.05) is 27.5 Å². The summed E-state index contributed by atoms with van der Waals surface area (Å²) in [5.74, 6) is -0.457. The van der Waals surface area contributed by atoms with Gasteiger partial charge in [0.15, 0.2) is 0 Å². The molecule has 0 radical (unpaired) electrons. The number of carbonyl (C=O) groups is 2. The SMILES string of the molecule is Cc1ccc(C(=O)Nc2cccc(NC(=O)c3cccc(Cl)c3)c2)c(C)c1. The number of benzene rings is 3. The van der Waals surface area contributed by atoms with Crippen LogP contribution in [-0.4, -0.2) is 11.8 Å². The fourth-order valence-corrected chi connectivity index (χ4v) is 2.96. The summed E-state index contributed by atoms with van der Waals surface area (Å²) in [6.45, 7) is 3.89. The van der Waals surface area contributed by atoms with Crippen molar-refractivity contribution in [1.82, 2.24) is 0 Å². The minimum absolute atomic E-state index is 0.189. The topological polar surface area (TPSA) is 58.2 Å². The van der Waals surface area contributed by atoms with E-state index in [1.807, 2.05) is 32.0 Å². The number of amides is 2. The highest BCUT2D eigenvalue weighted by Crippen LogP contribution is 2.19. The molecule has 0 heterocycles. The number of nitrogens with one attached hydrogen (secondary N) is 2. The van der Waals surface area contributed by atoms with Crippen molar-refractivity contribution in [2.75, 3.05) is 10.6 Å². The first kappa shape index (κ1) is 18.7. The molecule has 0 spiro atoms. The van der Waals surface area contributed by atoms with Crippen LogP contribution in [0, 0.1) is 13.8 Å². The zero-order chi connectivity index (χ0) is 19.4. The predicted octanol–water partition coefficient (Wildman–Crippen LogP) is 5.46. The van der Waals surface area contributed by atoms with Crippen LogP contribution in [0.15, 0.2) is 66.7 Å². The van der Waals surface area contributed by atoms with E-state index >= 15 is 0 Å². The zero-order valence-corrected chi connectivity index (χ0v) is 15.8. The van der Waals surface area contributed by atoms with Crippen LogP contribution in [0.25, 0.3) is 0 Å². The average Bonchev–Trinajstić information content (AvgIpc) is 2.62. The number of hydrogen-bond donors (Lipinski definition) is 2. The molecule has 5 heteroatoms. The Labute approximate surface area is 163 Å². The van der Waals surface area contributed by atoms with Crippen LogP contribution in [0.2, 0.25) is 5.02 Å². The lowest BCUT2D eigenvalue weighted by Gasteiger charge is -2.11. The molecule has 0 aliphatic heterocycles. The second-order valence-electron chi connectivity index (χ2n) is 6.32. The number of aryl methyl sites for hydroxylation is 2. The van der Waals surface area contributed by atoms with Gasteiger partial charge in [-0.05, 0) is 61.9 Å². The number of anilines is 2. The normalized spacial score (nSPS) is 10.3. The number of carbonyl (C=O) groups excluding carboxylic acids is 2. The summed E-state index contributed by atoms with van der Waals surface area (Å²) in [5, 5.41) is 6.18. The van der Waals surface area contributed by atoms with E-state index in [0.717, 1.165) is 11.1 Å². The fraction of sp³-hybridized carbons (Fsp3) is 0.0909. The summed E-state index contributed by atoms with van der Waals surface area (Å²) >= 11 is 5.93. The Kier molecular flexibility index (Phi) is 5.57. The second kappa shape index (κ2) is 8.06. The summed E-state index contributed by atoms with van der Waals surface area (Å²) in [4.78, 5) is 24.9. The fourth-order valence-electron chi connectivity index (χ4n) is 2.77. The van der Waals surface area contributed by atoms with Crippen LogP contribution in [0.5, 0.6) is 0 Å². The third kappa shape index (κ3) is 4.74. The standard InChI is InChI=1S/C22H19ClN2O2/c1-14-9-10-20(15(2)11-14)22(27)25-19-8-4-7-18(13-19)24-21(26)16-5-3-6-17(23)12-16/h3-13H,1-2H3,(H,24,26)(H,25,27). The molecule has 136 valence electrons. The molecule has 3 rings (SSSR count). The summed E-state index contributed by atoms with van der Waals surface area (Å²) in [6.07, 6.45) is 0. The molecule has 3 aromatic rings. The van der Waals surface area contributed by atoms with Crippen molar-refractivity contribution in [3.63, 3.8) is 0 Å². The van der Waals surface area contributed by atoms with Crippen LogP contribution in [0.4, 0.5) is 11.4 Å². The maximum absolute atomic E-state index is 12.5. The molecule has 2 amide bonds. The van der Waals surface area contributed by atoms with E-state index in [-0.39, 0.29) is 11.8 Å². The van der Waals surface area contributed by atoms with E-state index in [2.05, 4.69) is 10.6 Å². The molecule has 4 nitrogen and oxygen atoms in total. The van der Waals surface area contributed by atoms with Crippen LogP contribution in [-0.2, 0) is 0 Å². The molecule has 0 aliphatic rings. The third-order valence-electron chi connectivity index (χ3n) is 4.09. The largest absolute Gasteiger partial charge is 0.322 e. The minimum Gasteiger partial charge on any atom is -0.322 e. The maximum atomic E-state index is 12.5. The quantitative estimate of drug-likeness (QED) is 0.633. The molecular formula is C22H19ClN2O2. The molecule has 0 aliphatic carbocycles.